The van der Waals surface area contributed by atoms with E-state index in [4.69, 9.17) is 10.7 Å². The highest BCUT2D eigenvalue weighted by molar-refractivity contribution is 5.82. The van der Waals surface area contributed by atoms with Gasteiger partial charge in [-0.25, -0.2) is 0 Å². The number of rotatable bonds is 3. The fourth-order valence-corrected chi connectivity index (χ4v) is 2.96. The quantitative estimate of drug-likeness (QED) is 0.891. The third-order valence-corrected chi connectivity index (χ3v) is 4.19. The van der Waals surface area contributed by atoms with Gasteiger partial charge in [0.25, 0.3) is 0 Å². The van der Waals surface area contributed by atoms with Gasteiger partial charge < -0.3 is 5.73 Å². The van der Waals surface area contributed by atoms with Crippen LogP contribution in [0.3, 0.4) is 0 Å². The van der Waals surface area contributed by atoms with Crippen LogP contribution >= 0.6 is 0 Å². The third kappa shape index (κ3) is 1.72. The van der Waals surface area contributed by atoms with Crippen LogP contribution in [0.1, 0.15) is 37.4 Å². The fraction of sp³-hybridized carbons (Fsp3) is 0.438. The first-order valence-corrected chi connectivity index (χ1v) is 6.81. The topological polar surface area (TPSA) is 38.9 Å². The molecule has 2 unspecified atom stereocenters. The summed E-state index contributed by atoms with van der Waals surface area (Å²) in [5.41, 5.74) is 9.76. The molecule has 2 atom stereocenters. The van der Waals surface area contributed by atoms with E-state index in [1.165, 1.54) is 23.8 Å². The molecule has 1 heterocycles. The Balaban J connectivity index is 2.04. The zero-order chi connectivity index (χ0) is 12.8. The van der Waals surface area contributed by atoms with Crippen LogP contribution < -0.4 is 5.73 Å². The maximum absolute atomic E-state index is 6.50. The molecule has 1 aliphatic carbocycles. The first-order valence-electron chi connectivity index (χ1n) is 6.81. The van der Waals surface area contributed by atoms with Gasteiger partial charge in [-0.05, 0) is 43.4 Å². The Morgan fingerprint density at radius 2 is 2.17 bits per heavy atom. The SMILES string of the molecule is CCCC1CC1(N)c1cc(C)c2ccccc2n1. The van der Waals surface area contributed by atoms with Gasteiger partial charge >= 0.3 is 0 Å². The largest absolute Gasteiger partial charge is 0.320 e. The van der Waals surface area contributed by atoms with Crippen molar-refractivity contribution >= 4 is 10.9 Å². The minimum atomic E-state index is -0.162. The number of fused-ring (bicyclic) bond motifs is 1. The van der Waals surface area contributed by atoms with Crippen LogP contribution in [0.15, 0.2) is 30.3 Å². The van der Waals surface area contributed by atoms with Crippen LogP contribution in [-0.4, -0.2) is 4.98 Å². The normalized spacial score (nSPS) is 26.5. The molecule has 2 heteroatoms. The summed E-state index contributed by atoms with van der Waals surface area (Å²) in [6.07, 6.45) is 3.51. The molecular weight excluding hydrogens is 220 g/mol. The van der Waals surface area contributed by atoms with Crippen molar-refractivity contribution in [3.8, 4) is 0 Å². The summed E-state index contributed by atoms with van der Waals surface area (Å²) in [5, 5.41) is 1.23. The Labute approximate surface area is 108 Å². The van der Waals surface area contributed by atoms with Crippen molar-refractivity contribution in [3.63, 3.8) is 0 Å². The molecule has 1 aliphatic rings. The first-order chi connectivity index (χ1) is 8.65. The highest BCUT2D eigenvalue weighted by atomic mass is 14.9. The summed E-state index contributed by atoms with van der Waals surface area (Å²) in [6.45, 7) is 4.37. The van der Waals surface area contributed by atoms with E-state index in [0.717, 1.165) is 17.6 Å². The van der Waals surface area contributed by atoms with Crippen molar-refractivity contribution in [1.29, 1.82) is 0 Å². The number of aromatic nitrogens is 1. The Kier molecular flexibility index (Phi) is 2.63. The molecule has 0 radical (unpaired) electrons. The number of hydrogen-bond acceptors (Lipinski definition) is 2. The van der Waals surface area contributed by atoms with E-state index in [2.05, 4.69) is 38.1 Å². The standard InChI is InChI=1S/C16H20N2/c1-3-6-12-10-16(12,17)15-9-11(2)13-7-4-5-8-14(13)18-15/h4-5,7-9,12H,3,6,10,17H2,1-2H3. The molecule has 0 aliphatic heterocycles. The number of nitrogens with zero attached hydrogens (tertiary/aromatic N) is 1. The molecule has 2 N–H and O–H groups in total. The second-order valence-corrected chi connectivity index (χ2v) is 5.57. The zero-order valence-corrected chi connectivity index (χ0v) is 11.1. The van der Waals surface area contributed by atoms with Crippen LogP contribution in [0.25, 0.3) is 10.9 Å². The van der Waals surface area contributed by atoms with E-state index < -0.39 is 0 Å². The number of para-hydroxylation sites is 1. The van der Waals surface area contributed by atoms with Gasteiger partial charge in [-0.1, -0.05) is 31.5 Å². The van der Waals surface area contributed by atoms with E-state index in [9.17, 15) is 0 Å². The maximum atomic E-state index is 6.50. The summed E-state index contributed by atoms with van der Waals surface area (Å²) in [5.74, 6) is 0.621. The molecule has 3 rings (SSSR count). The minimum absolute atomic E-state index is 0.162. The average molecular weight is 240 g/mol. The van der Waals surface area contributed by atoms with Crippen LogP contribution in [0.5, 0.6) is 0 Å². The lowest BCUT2D eigenvalue weighted by molar-refractivity contribution is 0.572. The number of benzene rings is 1. The number of nitrogens with two attached hydrogens (primary N) is 1. The molecule has 1 saturated carbocycles. The first kappa shape index (κ1) is 11.7. The Bertz CT molecular complexity index is 591. The highest BCUT2D eigenvalue weighted by Gasteiger charge is 2.52. The molecule has 0 saturated heterocycles. The van der Waals surface area contributed by atoms with Crippen molar-refractivity contribution in [3.05, 3.63) is 41.6 Å². The molecule has 1 aromatic heterocycles. The van der Waals surface area contributed by atoms with Crippen LogP contribution in [0, 0.1) is 12.8 Å². The van der Waals surface area contributed by atoms with Crippen molar-refractivity contribution in [2.75, 3.05) is 0 Å². The van der Waals surface area contributed by atoms with E-state index in [1.54, 1.807) is 0 Å². The number of pyridine rings is 1. The second-order valence-electron chi connectivity index (χ2n) is 5.57. The van der Waals surface area contributed by atoms with Crippen LogP contribution in [-0.2, 0) is 5.54 Å². The van der Waals surface area contributed by atoms with E-state index in [0.29, 0.717) is 5.92 Å². The van der Waals surface area contributed by atoms with Crippen LogP contribution in [0.2, 0.25) is 0 Å². The predicted molar refractivity (Wildman–Crippen MR) is 75.4 cm³/mol. The van der Waals surface area contributed by atoms with Gasteiger partial charge in [0, 0.05) is 5.39 Å². The molecule has 0 bridgehead atoms. The third-order valence-electron chi connectivity index (χ3n) is 4.19. The van der Waals surface area contributed by atoms with E-state index in [-0.39, 0.29) is 5.54 Å². The van der Waals surface area contributed by atoms with E-state index in [1.807, 2.05) is 6.07 Å². The predicted octanol–water partition coefficient (Wildman–Crippen LogP) is 3.52. The summed E-state index contributed by atoms with van der Waals surface area (Å²) < 4.78 is 0. The van der Waals surface area contributed by atoms with E-state index >= 15 is 0 Å². The fourth-order valence-electron chi connectivity index (χ4n) is 2.96. The van der Waals surface area contributed by atoms with Gasteiger partial charge in [-0.3, -0.25) is 4.98 Å². The summed E-state index contributed by atoms with van der Waals surface area (Å²) in [4.78, 5) is 4.78. The molecule has 94 valence electrons. The van der Waals surface area contributed by atoms with Crippen molar-refractivity contribution in [1.82, 2.24) is 4.98 Å². The monoisotopic (exact) mass is 240 g/mol. The lowest BCUT2D eigenvalue weighted by Crippen LogP contribution is -2.24. The van der Waals surface area contributed by atoms with Gasteiger partial charge in [0.15, 0.2) is 0 Å². The Morgan fingerprint density at radius 1 is 1.39 bits per heavy atom. The molecule has 0 spiro atoms. The highest BCUT2D eigenvalue weighted by Crippen LogP contribution is 2.51. The summed E-state index contributed by atoms with van der Waals surface area (Å²) in [7, 11) is 0. The van der Waals surface area contributed by atoms with Crippen molar-refractivity contribution in [2.24, 2.45) is 11.7 Å². The van der Waals surface area contributed by atoms with Gasteiger partial charge in [0.1, 0.15) is 0 Å². The molecule has 0 amide bonds. The lowest BCUT2D eigenvalue weighted by Gasteiger charge is -2.13. The molecule has 2 nitrogen and oxygen atoms in total. The minimum Gasteiger partial charge on any atom is -0.320 e. The molecule has 1 fully saturated rings. The Hall–Kier alpha value is -1.41. The average Bonchev–Trinajstić information content (AvgIpc) is 3.02. The smallest absolute Gasteiger partial charge is 0.0708 e. The number of hydrogen-bond donors (Lipinski definition) is 1. The van der Waals surface area contributed by atoms with Crippen LogP contribution in [0.4, 0.5) is 0 Å². The number of aryl methyl sites for hydroxylation is 1. The summed E-state index contributed by atoms with van der Waals surface area (Å²) >= 11 is 0. The van der Waals surface area contributed by atoms with Crippen molar-refractivity contribution in [2.45, 2.75) is 38.6 Å². The molecular formula is C16H20N2. The van der Waals surface area contributed by atoms with Gasteiger partial charge in [-0.2, -0.15) is 0 Å². The van der Waals surface area contributed by atoms with Gasteiger partial charge in [0.05, 0.1) is 16.7 Å². The molecule has 1 aromatic carbocycles. The van der Waals surface area contributed by atoms with Gasteiger partial charge in [-0.15, -0.1) is 0 Å². The molecule has 2 aromatic rings. The lowest BCUT2D eigenvalue weighted by atomic mass is 10.0. The van der Waals surface area contributed by atoms with Crippen molar-refractivity contribution < 1.29 is 0 Å². The Morgan fingerprint density at radius 3 is 2.94 bits per heavy atom. The van der Waals surface area contributed by atoms with Gasteiger partial charge in [0.2, 0.25) is 0 Å². The maximum Gasteiger partial charge on any atom is 0.0708 e. The molecule has 18 heavy (non-hydrogen) atoms. The summed E-state index contributed by atoms with van der Waals surface area (Å²) in [6, 6.07) is 10.5. The second kappa shape index (κ2) is 4.06. The zero-order valence-electron chi connectivity index (χ0n) is 11.1.